The Bertz CT molecular complexity index is 763. The van der Waals surface area contributed by atoms with E-state index in [1.807, 2.05) is 27.7 Å². The fourth-order valence-electron chi connectivity index (χ4n) is 2.57. The van der Waals surface area contributed by atoms with E-state index in [0.717, 1.165) is 10.6 Å². The summed E-state index contributed by atoms with van der Waals surface area (Å²) >= 11 is 7.22. The van der Waals surface area contributed by atoms with Gasteiger partial charge in [0.1, 0.15) is 0 Å². The Morgan fingerprint density at radius 2 is 1.75 bits per heavy atom. The molecule has 132 valence electrons. The van der Waals surface area contributed by atoms with Gasteiger partial charge < -0.3 is 5.32 Å². The number of aromatic nitrogens is 1. The van der Waals surface area contributed by atoms with Gasteiger partial charge in [-0.15, -0.1) is 11.3 Å². The average molecular weight is 388 g/mol. The summed E-state index contributed by atoms with van der Waals surface area (Å²) < 4.78 is 27.6. The largest absolute Gasteiger partial charge is 0.380 e. The second-order valence-corrected chi connectivity index (χ2v) is 9.52. The molecule has 2 aromatic rings. The second-order valence-electron chi connectivity index (χ2n) is 5.98. The average Bonchev–Trinajstić information content (AvgIpc) is 2.90. The Labute approximate surface area is 152 Å². The van der Waals surface area contributed by atoms with Gasteiger partial charge in [0, 0.05) is 28.8 Å². The van der Waals surface area contributed by atoms with Crippen molar-refractivity contribution in [3.63, 3.8) is 0 Å². The van der Waals surface area contributed by atoms with E-state index in [2.05, 4.69) is 10.3 Å². The third-order valence-electron chi connectivity index (χ3n) is 3.44. The van der Waals surface area contributed by atoms with Crippen LogP contribution in [-0.2, 0) is 16.6 Å². The molecule has 0 aliphatic carbocycles. The molecule has 1 aromatic heterocycles. The van der Waals surface area contributed by atoms with Crippen molar-refractivity contribution in [1.29, 1.82) is 0 Å². The normalized spacial score (nSPS) is 12.3. The molecule has 24 heavy (non-hydrogen) atoms. The number of rotatable bonds is 7. The SMILES string of the molecule is CC(C)N(C(C)C)S(=O)(=O)c1ccc(NCc2cnc(Cl)s2)cc1. The van der Waals surface area contributed by atoms with Gasteiger partial charge in [0.2, 0.25) is 10.0 Å². The summed E-state index contributed by atoms with van der Waals surface area (Å²) in [6.07, 6.45) is 1.72. The minimum absolute atomic E-state index is 0.0936. The van der Waals surface area contributed by atoms with Gasteiger partial charge in [-0.05, 0) is 52.0 Å². The van der Waals surface area contributed by atoms with Gasteiger partial charge in [0.05, 0.1) is 11.4 Å². The quantitative estimate of drug-likeness (QED) is 0.772. The zero-order valence-electron chi connectivity index (χ0n) is 14.2. The summed E-state index contributed by atoms with van der Waals surface area (Å²) in [6.45, 7) is 8.13. The number of hydrogen-bond acceptors (Lipinski definition) is 5. The monoisotopic (exact) mass is 387 g/mol. The van der Waals surface area contributed by atoms with Crippen molar-refractivity contribution in [1.82, 2.24) is 9.29 Å². The molecule has 0 radical (unpaired) electrons. The molecule has 0 atom stereocenters. The maximum absolute atomic E-state index is 12.8. The maximum atomic E-state index is 12.8. The lowest BCUT2D eigenvalue weighted by Crippen LogP contribution is -2.41. The van der Waals surface area contributed by atoms with Gasteiger partial charge >= 0.3 is 0 Å². The lowest BCUT2D eigenvalue weighted by atomic mass is 10.3. The van der Waals surface area contributed by atoms with E-state index in [9.17, 15) is 8.42 Å². The molecule has 1 N–H and O–H groups in total. The third-order valence-corrected chi connectivity index (χ3v) is 6.82. The second kappa shape index (κ2) is 7.82. The Morgan fingerprint density at radius 3 is 2.21 bits per heavy atom. The van der Waals surface area contributed by atoms with Crippen LogP contribution < -0.4 is 5.32 Å². The minimum Gasteiger partial charge on any atom is -0.380 e. The molecule has 0 spiro atoms. The first kappa shape index (κ1) is 19.2. The standard InChI is InChI=1S/C16H22ClN3O2S2/c1-11(2)20(12(3)4)24(21,22)15-7-5-13(6-8-15)18-9-14-10-19-16(17)23-14/h5-8,10-12,18H,9H2,1-4H3. The number of hydrogen-bond donors (Lipinski definition) is 1. The fourth-order valence-corrected chi connectivity index (χ4v) is 5.32. The molecular formula is C16H22ClN3O2S2. The minimum atomic E-state index is -3.50. The summed E-state index contributed by atoms with van der Waals surface area (Å²) in [4.78, 5) is 5.31. The molecular weight excluding hydrogens is 366 g/mol. The zero-order valence-corrected chi connectivity index (χ0v) is 16.5. The molecule has 0 saturated carbocycles. The predicted octanol–water partition coefficient (Wildman–Crippen LogP) is 4.22. The third kappa shape index (κ3) is 4.47. The van der Waals surface area contributed by atoms with Crippen molar-refractivity contribution >= 4 is 38.6 Å². The lowest BCUT2D eigenvalue weighted by molar-refractivity contribution is 0.302. The van der Waals surface area contributed by atoms with Gasteiger partial charge in [-0.3, -0.25) is 0 Å². The number of nitrogens with zero attached hydrogens (tertiary/aromatic N) is 2. The van der Waals surface area contributed by atoms with Crippen molar-refractivity contribution in [3.05, 3.63) is 39.8 Å². The molecule has 0 unspecified atom stereocenters. The Hall–Kier alpha value is -1.15. The number of halogens is 1. The molecule has 5 nitrogen and oxygen atoms in total. The van der Waals surface area contributed by atoms with Crippen LogP contribution in [0.5, 0.6) is 0 Å². The van der Waals surface area contributed by atoms with Crippen LogP contribution in [0.2, 0.25) is 4.47 Å². The number of sulfonamides is 1. The van der Waals surface area contributed by atoms with Crippen molar-refractivity contribution in [2.75, 3.05) is 5.32 Å². The van der Waals surface area contributed by atoms with Crippen molar-refractivity contribution in [2.24, 2.45) is 0 Å². The van der Waals surface area contributed by atoms with Crippen molar-refractivity contribution in [2.45, 2.75) is 51.2 Å². The van der Waals surface area contributed by atoms with Crippen LogP contribution in [0.4, 0.5) is 5.69 Å². The number of anilines is 1. The van der Waals surface area contributed by atoms with Gasteiger partial charge in [0.15, 0.2) is 4.47 Å². The van der Waals surface area contributed by atoms with Gasteiger partial charge in [-0.1, -0.05) is 11.6 Å². The number of nitrogens with one attached hydrogen (secondary N) is 1. The van der Waals surface area contributed by atoms with E-state index in [1.165, 1.54) is 15.6 Å². The fraction of sp³-hybridized carbons (Fsp3) is 0.438. The van der Waals surface area contributed by atoms with Gasteiger partial charge in [-0.25, -0.2) is 13.4 Å². The molecule has 0 aliphatic heterocycles. The van der Waals surface area contributed by atoms with Crippen LogP contribution in [0, 0.1) is 0 Å². The Balaban J connectivity index is 2.13. The highest BCUT2D eigenvalue weighted by Crippen LogP contribution is 2.23. The zero-order chi connectivity index (χ0) is 17.9. The molecule has 0 amide bonds. The molecule has 0 bridgehead atoms. The molecule has 2 rings (SSSR count). The summed E-state index contributed by atoms with van der Waals surface area (Å²) in [6, 6.07) is 6.63. The summed E-state index contributed by atoms with van der Waals surface area (Å²) in [5.74, 6) is 0. The Kier molecular flexibility index (Phi) is 6.25. The van der Waals surface area contributed by atoms with Crippen LogP contribution >= 0.6 is 22.9 Å². The van der Waals surface area contributed by atoms with E-state index in [0.29, 0.717) is 15.9 Å². The highest BCUT2D eigenvalue weighted by atomic mass is 35.5. The Morgan fingerprint density at radius 1 is 1.17 bits per heavy atom. The van der Waals surface area contributed by atoms with E-state index in [1.54, 1.807) is 30.5 Å². The molecule has 1 heterocycles. The molecule has 0 aliphatic rings. The first-order valence-corrected chi connectivity index (χ1v) is 10.3. The highest BCUT2D eigenvalue weighted by molar-refractivity contribution is 7.89. The molecule has 1 aromatic carbocycles. The molecule has 0 fully saturated rings. The van der Waals surface area contributed by atoms with E-state index >= 15 is 0 Å². The number of thiazole rings is 1. The first-order chi connectivity index (χ1) is 11.2. The summed E-state index contributed by atoms with van der Waals surface area (Å²) in [5, 5.41) is 3.23. The van der Waals surface area contributed by atoms with Gasteiger partial charge in [0.25, 0.3) is 0 Å². The van der Waals surface area contributed by atoms with Gasteiger partial charge in [-0.2, -0.15) is 4.31 Å². The maximum Gasteiger partial charge on any atom is 0.243 e. The molecule has 8 heteroatoms. The van der Waals surface area contributed by atoms with E-state index in [4.69, 9.17) is 11.6 Å². The lowest BCUT2D eigenvalue weighted by Gasteiger charge is -2.29. The smallest absolute Gasteiger partial charge is 0.243 e. The first-order valence-electron chi connectivity index (χ1n) is 7.69. The molecule has 0 saturated heterocycles. The van der Waals surface area contributed by atoms with Crippen LogP contribution in [0.1, 0.15) is 32.6 Å². The predicted molar refractivity (Wildman–Crippen MR) is 100 cm³/mol. The van der Waals surface area contributed by atoms with E-state index < -0.39 is 10.0 Å². The summed E-state index contributed by atoms with van der Waals surface area (Å²) in [7, 11) is -3.50. The van der Waals surface area contributed by atoms with E-state index in [-0.39, 0.29) is 12.1 Å². The van der Waals surface area contributed by atoms with Crippen LogP contribution in [-0.4, -0.2) is 29.8 Å². The van der Waals surface area contributed by atoms with Crippen LogP contribution in [0.15, 0.2) is 35.4 Å². The van der Waals surface area contributed by atoms with Crippen LogP contribution in [0.25, 0.3) is 0 Å². The highest BCUT2D eigenvalue weighted by Gasteiger charge is 2.29. The van der Waals surface area contributed by atoms with Crippen molar-refractivity contribution < 1.29 is 8.42 Å². The number of benzene rings is 1. The van der Waals surface area contributed by atoms with Crippen LogP contribution in [0.3, 0.4) is 0 Å². The summed E-state index contributed by atoms with van der Waals surface area (Å²) in [5.41, 5.74) is 0.846. The van der Waals surface area contributed by atoms with Crippen molar-refractivity contribution in [3.8, 4) is 0 Å². The topological polar surface area (TPSA) is 62.3 Å².